The summed E-state index contributed by atoms with van der Waals surface area (Å²) >= 11 is 6.08. The molecule has 2 N–H and O–H groups in total. The summed E-state index contributed by atoms with van der Waals surface area (Å²) in [5, 5.41) is 5.47. The van der Waals surface area contributed by atoms with Crippen molar-refractivity contribution in [3.05, 3.63) is 74.2 Å². The third-order valence-electron chi connectivity index (χ3n) is 5.63. The summed E-state index contributed by atoms with van der Waals surface area (Å²) in [6, 6.07) is 9.34. The molecule has 0 bridgehead atoms. The molecule has 160 valence electrons. The van der Waals surface area contributed by atoms with Gasteiger partial charge in [0, 0.05) is 45.2 Å². The van der Waals surface area contributed by atoms with Gasteiger partial charge in [-0.15, -0.1) is 0 Å². The van der Waals surface area contributed by atoms with Crippen LogP contribution in [0.5, 0.6) is 5.75 Å². The number of benzene rings is 2. The van der Waals surface area contributed by atoms with Crippen LogP contribution in [0.25, 0.3) is 21.9 Å². The van der Waals surface area contributed by atoms with E-state index in [9.17, 15) is 9.59 Å². The zero-order valence-electron chi connectivity index (χ0n) is 17.6. The number of ether oxygens (including phenoxy) is 1. The molecule has 6 nitrogen and oxygen atoms in total. The number of aromatic amines is 1. The first-order valence-electron chi connectivity index (χ1n) is 10.0. The van der Waals surface area contributed by atoms with E-state index in [2.05, 4.69) is 10.3 Å². The van der Waals surface area contributed by atoms with E-state index in [1.54, 1.807) is 13.0 Å². The van der Waals surface area contributed by atoms with Crippen LogP contribution in [-0.2, 0) is 11.2 Å². The molecule has 0 atom stereocenters. The minimum Gasteiger partial charge on any atom is -0.483 e. The van der Waals surface area contributed by atoms with E-state index in [1.165, 1.54) is 0 Å². The highest BCUT2D eigenvalue weighted by Crippen LogP contribution is 2.29. The second-order valence-electron chi connectivity index (χ2n) is 7.60. The SMILES string of the molecule is Cc1c(C)c2ccc(OCC(=O)NCCc3c[nH]c4ccc(Cl)cc34)c(C)c2oc1=O. The Labute approximate surface area is 184 Å². The maximum absolute atomic E-state index is 12.3. The molecule has 0 spiro atoms. The molecule has 0 fully saturated rings. The third kappa shape index (κ3) is 4.16. The summed E-state index contributed by atoms with van der Waals surface area (Å²) in [7, 11) is 0. The molecule has 0 aliphatic heterocycles. The largest absolute Gasteiger partial charge is 0.483 e. The predicted octanol–water partition coefficient (Wildman–Crippen LogP) is 4.59. The van der Waals surface area contributed by atoms with Crippen molar-refractivity contribution < 1.29 is 13.9 Å². The van der Waals surface area contributed by atoms with Crippen molar-refractivity contribution in [2.45, 2.75) is 27.2 Å². The molecule has 4 rings (SSSR count). The summed E-state index contributed by atoms with van der Waals surface area (Å²) in [6.07, 6.45) is 2.60. The van der Waals surface area contributed by atoms with Crippen molar-refractivity contribution in [3.63, 3.8) is 0 Å². The number of carbonyl (C=O) groups excluding carboxylic acids is 1. The molecular formula is C24H23ClN2O4. The number of halogens is 1. The first-order chi connectivity index (χ1) is 14.8. The van der Waals surface area contributed by atoms with Crippen LogP contribution in [0.2, 0.25) is 5.02 Å². The number of carbonyl (C=O) groups is 1. The average molecular weight is 439 g/mol. The molecule has 0 aliphatic rings. The van der Waals surface area contributed by atoms with Crippen molar-refractivity contribution in [2.75, 3.05) is 13.2 Å². The fraction of sp³-hybridized carbons (Fsp3) is 0.250. The highest BCUT2D eigenvalue weighted by atomic mass is 35.5. The van der Waals surface area contributed by atoms with Crippen molar-refractivity contribution in [1.82, 2.24) is 10.3 Å². The van der Waals surface area contributed by atoms with Crippen molar-refractivity contribution in [2.24, 2.45) is 0 Å². The molecule has 31 heavy (non-hydrogen) atoms. The molecule has 2 heterocycles. The quantitative estimate of drug-likeness (QED) is 0.431. The van der Waals surface area contributed by atoms with Gasteiger partial charge in [-0.1, -0.05) is 11.6 Å². The van der Waals surface area contributed by atoms with Crippen LogP contribution in [0.1, 0.15) is 22.3 Å². The molecule has 1 amide bonds. The second kappa shape index (κ2) is 8.47. The highest BCUT2D eigenvalue weighted by molar-refractivity contribution is 6.31. The van der Waals surface area contributed by atoms with Crippen LogP contribution in [0.15, 0.2) is 45.7 Å². The second-order valence-corrected chi connectivity index (χ2v) is 8.03. The molecule has 7 heteroatoms. The monoisotopic (exact) mass is 438 g/mol. The van der Waals surface area contributed by atoms with Crippen LogP contribution in [0.4, 0.5) is 0 Å². The number of hydrogen-bond donors (Lipinski definition) is 2. The molecule has 2 aromatic heterocycles. The maximum Gasteiger partial charge on any atom is 0.339 e. The molecule has 0 saturated heterocycles. The standard InChI is InChI=1S/C24H23ClN2O4/c1-13-14(2)24(29)31-23-15(3)21(7-5-18(13)23)30-12-22(28)26-9-8-16-11-27-20-6-4-17(25)10-19(16)20/h4-7,10-11,27H,8-9,12H2,1-3H3,(H,26,28). The Kier molecular flexibility index (Phi) is 5.74. The van der Waals surface area contributed by atoms with Crippen LogP contribution in [0, 0.1) is 20.8 Å². The van der Waals surface area contributed by atoms with Gasteiger partial charge in [0.25, 0.3) is 5.91 Å². The van der Waals surface area contributed by atoms with E-state index in [4.69, 9.17) is 20.8 Å². The minimum atomic E-state index is -0.360. The molecule has 0 radical (unpaired) electrons. The fourth-order valence-corrected chi connectivity index (χ4v) is 3.84. The Morgan fingerprint density at radius 3 is 2.71 bits per heavy atom. The number of hydrogen-bond acceptors (Lipinski definition) is 4. The van der Waals surface area contributed by atoms with Crippen LogP contribution in [-0.4, -0.2) is 24.0 Å². The van der Waals surface area contributed by atoms with Gasteiger partial charge in [0.2, 0.25) is 0 Å². The number of rotatable bonds is 6. The summed E-state index contributed by atoms with van der Waals surface area (Å²) in [4.78, 5) is 27.5. The van der Waals surface area contributed by atoms with Crippen LogP contribution < -0.4 is 15.7 Å². The van der Waals surface area contributed by atoms with Gasteiger partial charge in [-0.2, -0.15) is 0 Å². The molecule has 2 aromatic carbocycles. The Bertz CT molecular complexity index is 1350. The minimum absolute atomic E-state index is 0.124. The van der Waals surface area contributed by atoms with Gasteiger partial charge >= 0.3 is 5.63 Å². The van der Waals surface area contributed by atoms with Gasteiger partial charge in [-0.3, -0.25) is 4.79 Å². The van der Waals surface area contributed by atoms with Crippen LogP contribution >= 0.6 is 11.6 Å². The number of fused-ring (bicyclic) bond motifs is 2. The van der Waals surface area contributed by atoms with E-state index in [0.717, 1.165) is 27.4 Å². The van der Waals surface area contributed by atoms with Gasteiger partial charge in [0.1, 0.15) is 11.3 Å². The first-order valence-corrected chi connectivity index (χ1v) is 10.4. The first kappa shape index (κ1) is 21.0. The predicted molar refractivity (Wildman–Crippen MR) is 122 cm³/mol. The Hall–Kier alpha value is -3.25. The van der Waals surface area contributed by atoms with E-state index >= 15 is 0 Å². The van der Waals surface area contributed by atoms with Crippen molar-refractivity contribution in [3.8, 4) is 5.75 Å². The summed E-state index contributed by atoms with van der Waals surface area (Å²) in [5.74, 6) is 0.291. The molecule has 0 saturated carbocycles. The Morgan fingerprint density at radius 1 is 1.10 bits per heavy atom. The zero-order chi connectivity index (χ0) is 22.1. The maximum atomic E-state index is 12.3. The molecular weight excluding hydrogens is 416 g/mol. The molecule has 0 unspecified atom stereocenters. The number of aryl methyl sites for hydroxylation is 2. The number of amides is 1. The highest BCUT2D eigenvalue weighted by Gasteiger charge is 2.14. The van der Waals surface area contributed by atoms with Crippen molar-refractivity contribution in [1.29, 1.82) is 0 Å². The van der Waals surface area contributed by atoms with Gasteiger partial charge in [-0.05, 0) is 68.7 Å². The van der Waals surface area contributed by atoms with E-state index in [1.807, 2.05) is 44.3 Å². The third-order valence-corrected chi connectivity index (χ3v) is 5.86. The Balaban J connectivity index is 1.38. The normalized spacial score (nSPS) is 11.2. The number of aromatic nitrogens is 1. The fourth-order valence-electron chi connectivity index (χ4n) is 3.67. The smallest absolute Gasteiger partial charge is 0.339 e. The molecule has 0 aliphatic carbocycles. The lowest BCUT2D eigenvalue weighted by molar-refractivity contribution is -0.123. The van der Waals surface area contributed by atoms with E-state index < -0.39 is 0 Å². The topological polar surface area (TPSA) is 84.3 Å². The van der Waals surface area contributed by atoms with Gasteiger partial charge in [-0.25, -0.2) is 4.79 Å². The van der Waals surface area contributed by atoms with Crippen molar-refractivity contribution >= 4 is 39.4 Å². The van der Waals surface area contributed by atoms with Crippen LogP contribution in [0.3, 0.4) is 0 Å². The van der Waals surface area contributed by atoms with Gasteiger partial charge in [0.05, 0.1) is 0 Å². The summed E-state index contributed by atoms with van der Waals surface area (Å²) < 4.78 is 11.1. The van der Waals surface area contributed by atoms with Gasteiger partial charge in [0.15, 0.2) is 6.61 Å². The zero-order valence-corrected chi connectivity index (χ0v) is 18.4. The molecule has 4 aromatic rings. The lowest BCUT2D eigenvalue weighted by Crippen LogP contribution is -2.30. The average Bonchev–Trinajstić information content (AvgIpc) is 3.14. The van der Waals surface area contributed by atoms with E-state index in [0.29, 0.717) is 40.4 Å². The van der Waals surface area contributed by atoms with Gasteiger partial charge < -0.3 is 19.5 Å². The lowest BCUT2D eigenvalue weighted by atomic mass is 10.0. The lowest BCUT2D eigenvalue weighted by Gasteiger charge is -2.12. The summed E-state index contributed by atoms with van der Waals surface area (Å²) in [5.41, 5.74) is 4.41. The van der Waals surface area contributed by atoms with E-state index in [-0.39, 0.29) is 18.1 Å². The number of nitrogens with one attached hydrogen (secondary N) is 2. The Morgan fingerprint density at radius 2 is 1.90 bits per heavy atom. The number of H-pyrrole nitrogens is 1. The summed E-state index contributed by atoms with van der Waals surface area (Å²) in [6.45, 7) is 5.81.